The van der Waals surface area contributed by atoms with E-state index in [2.05, 4.69) is 25.7 Å². The number of amides is 1. The Balaban J connectivity index is 1.41. The zero-order valence-electron chi connectivity index (χ0n) is 16.2. The summed E-state index contributed by atoms with van der Waals surface area (Å²) in [6, 6.07) is 17.3. The third-order valence-electron chi connectivity index (χ3n) is 4.42. The predicted molar refractivity (Wildman–Crippen MR) is 124 cm³/mol. The lowest BCUT2D eigenvalue weighted by Crippen LogP contribution is -2.12. The average Bonchev–Trinajstić information content (AvgIpc) is 3.51. The Morgan fingerprint density at radius 3 is 2.61 bits per heavy atom. The van der Waals surface area contributed by atoms with Crippen LogP contribution in [0.25, 0.3) is 21.5 Å². The van der Waals surface area contributed by atoms with Crippen molar-refractivity contribution in [3.63, 3.8) is 0 Å². The van der Waals surface area contributed by atoms with Gasteiger partial charge < -0.3 is 4.42 Å². The SMILES string of the molecule is Cc1nnc(SCc2c(C(=O)Nc3nnc(-c4ccccc4)s3)oc3ccccc23)s1. The lowest BCUT2D eigenvalue weighted by Gasteiger charge is -2.02. The first kappa shape index (κ1) is 19.9. The van der Waals surface area contributed by atoms with E-state index in [-0.39, 0.29) is 11.7 Å². The zero-order valence-corrected chi connectivity index (χ0v) is 18.7. The number of carbonyl (C=O) groups excluding carboxylic acids is 1. The van der Waals surface area contributed by atoms with Crippen LogP contribution < -0.4 is 5.32 Å². The van der Waals surface area contributed by atoms with Crippen LogP contribution in [0.4, 0.5) is 5.13 Å². The minimum absolute atomic E-state index is 0.270. The van der Waals surface area contributed by atoms with Gasteiger partial charge in [-0.25, -0.2) is 0 Å². The number of para-hydroxylation sites is 1. The molecule has 0 radical (unpaired) electrons. The topological polar surface area (TPSA) is 93.8 Å². The standard InChI is InChI=1S/C21H15N5O2S3/c1-12-23-26-21(30-12)29-11-15-14-9-5-6-10-16(14)28-17(15)18(27)22-20-25-24-19(31-20)13-7-3-2-4-8-13/h2-10H,11H2,1H3,(H,22,25,27). The lowest BCUT2D eigenvalue weighted by molar-refractivity contribution is 0.0997. The van der Waals surface area contributed by atoms with Gasteiger partial charge in [0.15, 0.2) is 10.1 Å². The molecule has 0 unspecified atom stereocenters. The molecule has 0 saturated carbocycles. The zero-order chi connectivity index (χ0) is 21.2. The fraction of sp³-hybridized carbons (Fsp3) is 0.0952. The van der Waals surface area contributed by atoms with Crippen LogP contribution in [0, 0.1) is 6.92 Å². The van der Waals surface area contributed by atoms with E-state index in [1.807, 2.05) is 61.5 Å². The van der Waals surface area contributed by atoms with Gasteiger partial charge in [0, 0.05) is 22.3 Å². The van der Waals surface area contributed by atoms with E-state index in [4.69, 9.17) is 4.42 Å². The number of carbonyl (C=O) groups is 1. The molecule has 1 amide bonds. The Morgan fingerprint density at radius 1 is 1.00 bits per heavy atom. The first-order valence-electron chi connectivity index (χ1n) is 9.31. The maximum absolute atomic E-state index is 13.1. The number of nitrogens with zero attached hydrogens (tertiary/aromatic N) is 4. The van der Waals surface area contributed by atoms with Gasteiger partial charge >= 0.3 is 0 Å². The Kier molecular flexibility index (Phi) is 5.49. The van der Waals surface area contributed by atoms with Crippen LogP contribution in [0.1, 0.15) is 21.1 Å². The fourth-order valence-corrected chi connectivity index (χ4v) is 5.61. The van der Waals surface area contributed by atoms with Gasteiger partial charge in [0.25, 0.3) is 5.91 Å². The van der Waals surface area contributed by atoms with E-state index in [0.29, 0.717) is 16.5 Å². The van der Waals surface area contributed by atoms with Crippen LogP contribution in [0.3, 0.4) is 0 Å². The smallest absolute Gasteiger partial charge is 0.293 e. The summed E-state index contributed by atoms with van der Waals surface area (Å²) in [5, 5.41) is 22.3. The molecule has 5 rings (SSSR count). The third kappa shape index (κ3) is 4.22. The van der Waals surface area contributed by atoms with Crippen molar-refractivity contribution in [1.29, 1.82) is 0 Å². The largest absolute Gasteiger partial charge is 0.451 e. The molecule has 0 aliphatic heterocycles. The molecule has 0 bridgehead atoms. The molecule has 0 saturated heterocycles. The van der Waals surface area contributed by atoms with Gasteiger partial charge in [-0.15, -0.1) is 20.4 Å². The van der Waals surface area contributed by atoms with Crippen molar-refractivity contribution < 1.29 is 9.21 Å². The van der Waals surface area contributed by atoms with Crippen LogP contribution in [0.2, 0.25) is 0 Å². The molecule has 0 aliphatic carbocycles. The molecule has 31 heavy (non-hydrogen) atoms. The highest BCUT2D eigenvalue weighted by molar-refractivity contribution is 8.00. The van der Waals surface area contributed by atoms with Crippen molar-refractivity contribution in [2.24, 2.45) is 0 Å². The van der Waals surface area contributed by atoms with Crippen molar-refractivity contribution in [3.8, 4) is 10.6 Å². The number of hydrogen-bond donors (Lipinski definition) is 1. The Labute approximate surface area is 189 Å². The molecule has 7 nitrogen and oxygen atoms in total. The molecule has 1 N–H and O–H groups in total. The van der Waals surface area contributed by atoms with Gasteiger partial charge in [-0.05, 0) is 13.0 Å². The van der Waals surface area contributed by atoms with Crippen LogP contribution >= 0.6 is 34.4 Å². The molecule has 0 aliphatic rings. The summed E-state index contributed by atoms with van der Waals surface area (Å²) in [5.41, 5.74) is 2.44. The second kappa shape index (κ2) is 8.58. The number of aromatic nitrogens is 4. The number of benzene rings is 2. The summed E-state index contributed by atoms with van der Waals surface area (Å²) in [4.78, 5) is 13.1. The van der Waals surface area contributed by atoms with Gasteiger partial charge in [0.05, 0.1) is 0 Å². The van der Waals surface area contributed by atoms with E-state index >= 15 is 0 Å². The van der Waals surface area contributed by atoms with E-state index in [0.717, 1.165) is 30.9 Å². The number of nitrogens with one attached hydrogen (secondary N) is 1. The molecule has 10 heteroatoms. The molecule has 5 aromatic rings. The monoisotopic (exact) mass is 465 g/mol. The number of furan rings is 1. The van der Waals surface area contributed by atoms with Gasteiger partial charge in [-0.1, -0.05) is 83.0 Å². The highest BCUT2D eigenvalue weighted by Crippen LogP contribution is 2.34. The molecule has 0 fully saturated rings. The molecule has 0 atom stereocenters. The minimum atomic E-state index is -0.351. The van der Waals surface area contributed by atoms with Crippen molar-refractivity contribution in [2.45, 2.75) is 17.0 Å². The summed E-state index contributed by atoms with van der Waals surface area (Å²) >= 11 is 4.38. The molecule has 0 spiro atoms. The van der Waals surface area contributed by atoms with Gasteiger partial charge in [-0.2, -0.15) is 0 Å². The quantitative estimate of drug-likeness (QED) is 0.324. The Bertz CT molecular complexity index is 1360. The van der Waals surface area contributed by atoms with Crippen molar-refractivity contribution in [3.05, 3.63) is 70.9 Å². The van der Waals surface area contributed by atoms with Gasteiger partial charge in [0.2, 0.25) is 5.13 Å². The Hall–Kier alpha value is -3.08. The molecule has 2 aromatic carbocycles. The number of thioether (sulfide) groups is 1. The summed E-state index contributed by atoms with van der Waals surface area (Å²) in [7, 11) is 0. The highest BCUT2D eigenvalue weighted by Gasteiger charge is 2.22. The summed E-state index contributed by atoms with van der Waals surface area (Å²) in [6.07, 6.45) is 0. The average molecular weight is 466 g/mol. The maximum Gasteiger partial charge on any atom is 0.293 e. The van der Waals surface area contributed by atoms with Crippen LogP contribution in [0.15, 0.2) is 63.4 Å². The lowest BCUT2D eigenvalue weighted by atomic mass is 10.1. The van der Waals surface area contributed by atoms with E-state index in [9.17, 15) is 4.79 Å². The normalized spacial score (nSPS) is 11.1. The molecular formula is C21H15N5O2S3. The summed E-state index contributed by atoms with van der Waals surface area (Å²) in [6.45, 7) is 1.92. The number of aryl methyl sites for hydroxylation is 1. The van der Waals surface area contributed by atoms with Crippen molar-refractivity contribution >= 4 is 56.4 Å². The molecule has 154 valence electrons. The summed E-state index contributed by atoms with van der Waals surface area (Å²) < 4.78 is 6.77. The second-order valence-electron chi connectivity index (χ2n) is 6.51. The van der Waals surface area contributed by atoms with E-state index in [1.165, 1.54) is 34.4 Å². The molecule has 3 aromatic heterocycles. The van der Waals surface area contributed by atoms with Crippen LogP contribution in [-0.2, 0) is 5.75 Å². The second-order valence-corrected chi connectivity index (χ2v) is 9.90. The fourth-order valence-electron chi connectivity index (χ4n) is 3.02. The number of hydrogen-bond acceptors (Lipinski definition) is 9. The number of fused-ring (bicyclic) bond motifs is 1. The molecule has 3 heterocycles. The first-order valence-corrected chi connectivity index (χ1v) is 11.9. The van der Waals surface area contributed by atoms with E-state index in [1.54, 1.807) is 0 Å². The number of anilines is 1. The predicted octanol–water partition coefficient (Wildman–Crippen LogP) is 5.66. The van der Waals surface area contributed by atoms with Crippen molar-refractivity contribution in [2.75, 3.05) is 5.32 Å². The van der Waals surface area contributed by atoms with Gasteiger partial charge in [-0.3, -0.25) is 10.1 Å². The summed E-state index contributed by atoms with van der Waals surface area (Å²) in [5.74, 6) is 0.460. The third-order valence-corrected chi connectivity index (χ3v) is 7.30. The highest BCUT2D eigenvalue weighted by atomic mass is 32.2. The van der Waals surface area contributed by atoms with Crippen LogP contribution in [0.5, 0.6) is 0 Å². The minimum Gasteiger partial charge on any atom is -0.451 e. The Morgan fingerprint density at radius 2 is 1.81 bits per heavy atom. The van der Waals surface area contributed by atoms with Crippen molar-refractivity contribution in [1.82, 2.24) is 20.4 Å². The first-order chi connectivity index (χ1) is 15.2. The maximum atomic E-state index is 13.1. The molecular weight excluding hydrogens is 450 g/mol. The van der Waals surface area contributed by atoms with E-state index < -0.39 is 0 Å². The number of rotatable bonds is 6. The van der Waals surface area contributed by atoms with Crippen LogP contribution in [-0.4, -0.2) is 26.3 Å². The van der Waals surface area contributed by atoms with Gasteiger partial charge in [0.1, 0.15) is 15.6 Å².